The Morgan fingerprint density at radius 1 is 1.36 bits per heavy atom. The fourth-order valence-electron chi connectivity index (χ4n) is 2.42. The Hall–Kier alpha value is -2.11. The molecular formula is C19H15IN2O2S. The van der Waals surface area contributed by atoms with Crippen molar-refractivity contribution in [1.29, 1.82) is 0 Å². The Morgan fingerprint density at radius 2 is 2.16 bits per heavy atom. The Morgan fingerprint density at radius 3 is 2.88 bits per heavy atom. The standard InChI is InChI=1S/C19H15IN2O2S/c1-3-11-22-16-10-9-13(24-4-2)12-17(16)25-19(22)21-18(23)14-7-5-6-8-15(14)20/h1,5-10,12H,4,11H2,2H3. The van der Waals surface area contributed by atoms with Crippen molar-refractivity contribution in [2.75, 3.05) is 6.61 Å². The Labute approximate surface area is 163 Å². The number of benzene rings is 2. The lowest BCUT2D eigenvalue weighted by atomic mass is 10.2. The van der Waals surface area contributed by atoms with E-state index in [0.29, 0.717) is 23.5 Å². The molecule has 0 saturated carbocycles. The van der Waals surface area contributed by atoms with Crippen LogP contribution < -0.4 is 9.54 Å². The molecule has 1 heterocycles. The van der Waals surface area contributed by atoms with E-state index in [-0.39, 0.29) is 5.91 Å². The zero-order valence-electron chi connectivity index (χ0n) is 13.5. The van der Waals surface area contributed by atoms with Gasteiger partial charge in [0.05, 0.1) is 28.9 Å². The van der Waals surface area contributed by atoms with Gasteiger partial charge in [0, 0.05) is 3.57 Å². The summed E-state index contributed by atoms with van der Waals surface area (Å²) in [4.78, 5) is 17.5. The van der Waals surface area contributed by atoms with Crippen LogP contribution in [0, 0.1) is 15.9 Å². The molecule has 0 aliphatic carbocycles. The lowest BCUT2D eigenvalue weighted by Gasteiger charge is -2.03. The number of carbonyl (C=O) groups excluding carboxylic acids is 1. The molecule has 3 rings (SSSR count). The molecule has 1 aromatic heterocycles. The van der Waals surface area contributed by atoms with Gasteiger partial charge in [-0.05, 0) is 59.8 Å². The van der Waals surface area contributed by atoms with Gasteiger partial charge < -0.3 is 9.30 Å². The van der Waals surface area contributed by atoms with Crippen LogP contribution in [0.1, 0.15) is 17.3 Å². The summed E-state index contributed by atoms with van der Waals surface area (Å²) in [6.07, 6.45) is 5.50. The number of carbonyl (C=O) groups is 1. The number of halogens is 1. The van der Waals surface area contributed by atoms with Crippen molar-refractivity contribution in [3.8, 4) is 18.1 Å². The van der Waals surface area contributed by atoms with Gasteiger partial charge in [0.25, 0.3) is 5.91 Å². The Kier molecular flexibility index (Phi) is 5.56. The van der Waals surface area contributed by atoms with Crippen molar-refractivity contribution in [2.24, 2.45) is 4.99 Å². The van der Waals surface area contributed by atoms with E-state index in [0.717, 1.165) is 19.5 Å². The molecule has 1 amide bonds. The first-order valence-corrected chi connectivity index (χ1v) is 9.56. The van der Waals surface area contributed by atoms with Gasteiger partial charge in [0.15, 0.2) is 4.80 Å². The smallest absolute Gasteiger partial charge is 0.280 e. The number of hydrogen-bond acceptors (Lipinski definition) is 3. The summed E-state index contributed by atoms with van der Waals surface area (Å²) in [5, 5.41) is 0. The van der Waals surface area contributed by atoms with Crippen LogP contribution in [0.4, 0.5) is 0 Å². The van der Waals surface area contributed by atoms with E-state index in [2.05, 4.69) is 33.5 Å². The van der Waals surface area contributed by atoms with Crippen LogP contribution in [0.3, 0.4) is 0 Å². The fourth-order valence-corrected chi connectivity index (χ4v) is 4.10. The van der Waals surface area contributed by atoms with E-state index < -0.39 is 0 Å². The minimum atomic E-state index is -0.271. The van der Waals surface area contributed by atoms with E-state index >= 15 is 0 Å². The number of terminal acetylenes is 1. The minimum absolute atomic E-state index is 0.271. The number of thiazole rings is 1. The predicted molar refractivity (Wildman–Crippen MR) is 109 cm³/mol. The van der Waals surface area contributed by atoms with Crippen LogP contribution in [0.15, 0.2) is 47.5 Å². The predicted octanol–water partition coefficient (Wildman–Crippen LogP) is 4.08. The van der Waals surface area contributed by atoms with Crippen LogP contribution >= 0.6 is 33.9 Å². The number of fused-ring (bicyclic) bond motifs is 1. The van der Waals surface area contributed by atoms with Crippen LogP contribution in [0.2, 0.25) is 0 Å². The van der Waals surface area contributed by atoms with Crippen molar-refractivity contribution in [3.63, 3.8) is 0 Å². The largest absolute Gasteiger partial charge is 0.494 e. The van der Waals surface area contributed by atoms with E-state index in [4.69, 9.17) is 11.2 Å². The van der Waals surface area contributed by atoms with Gasteiger partial charge in [-0.2, -0.15) is 4.99 Å². The summed E-state index contributed by atoms with van der Waals surface area (Å²) in [6, 6.07) is 13.2. The average molecular weight is 462 g/mol. The molecule has 3 aromatic rings. The SMILES string of the molecule is C#CCn1c(=NC(=O)c2ccccc2I)sc2cc(OCC)ccc21. The number of aromatic nitrogens is 1. The third-order valence-electron chi connectivity index (χ3n) is 3.52. The first-order valence-electron chi connectivity index (χ1n) is 7.67. The number of amides is 1. The van der Waals surface area contributed by atoms with E-state index in [1.807, 2.05) is 47.9 Å². The highest BCUT2D eigenvalue weighted by atomic mass is 127. The molecule has 2 aromatic carbocycles. The number of ether oxygens (including phenoxy) is 1. The maximum absolute atomic E-state index is 12.6. The monoisotopic (exact) mass is 462 g/mol. The third-order valence-corrected chi connectivity index (χ3v) is 5.50. The van der Waals surface area contributed by atoms with Gasteiger partial charge in [0.2, 0.25) is 0 Å². The average Bonchev–Trinajstić information content (AvgIpc) is 2.92. The maximum atomic E-state index is 12.6. The van der Waals surface area contributed by atoms with Gasteiger partial charge in [0.1, 0.15) is 5.75 Å². The van der Waals surface area contributed by atoms with Gasteiger partial charge >= 0.3 is 0 Å². The molecule has 0 bridgehead atoms. The van der Waals surface area contributed by atoms with E-state index in [1.54, 1.807) is 6.07 Å². The topological polar surface area (TPSA) is 43.6 Å². The zero-order valence-corrected chi connectivity index (χ0v) is 16.5. The molecule has 0 saturated heterocycles. The Balaban J connectivity index is 2.14. The van der Waals surface area contributed by atoms with Crippen molar-refractivity contribution >= 4 is 50.1 Å². The molecule has 25 heavy (non-hydrogen) atoms. The summed E-state index contributed by atoms with van der Waals surface area (Å²) in [7, 11) is 0. The maximum Gasteiger partial charge on any atom is 0.280 e. The minimum Gasteiger partial charge on any atom is -0.494 e. The lowest BCUT2D eigenvalue weighted by Crippen LogP contribution is -2.16. The summed E-state index contributed by atoms with van der Waals surface area (Å²) in [5.41, 5.74) is 1.53. The van der Waals surface area contributed by atoms with Gasteiger partial charge in [-0.15, -0.1) is 6.42 Å². The van der Waals surface area contributed by atoms with Crippen molar-refractivity contribution in [3.05, 3.63) is 56.4 Å². The molecular weight excluding hydrogens is 447 g/mol. The summed E-state index contributed by atoms with van der Waals surface area (Å²) in [5.74, 6) is 3.15. The fraction of sp³-hybridized carbons (Fsp3) is 0.158. The first kappa shape index (κ1) is 17.7. The number of hydrogen-bond donors (Lipinski definition) is 0. The van der Waals surface area contributed by atoms with E-state index in [9.17, 15) is 4.79 Å². The molecule has 0 aliphatic heterocycles. The molecule has 0 aliphatic rings. The lowest BCUT2D eigenvalue weighted by molar-refractivity contribution is 0.0997. The summed E-state index contributed by atoms with van der Waals surface area (Å²) >= 11 is 3.57. The van der Waals surface area contributed by atoms with Gasteiger partial charge in [-0.25, -0.2) is 0 Å². The number of rotatable bonds is 4. The molecule has 0 fully saturated rings. The summed E-state index contributed by atoms with van der Waals surface area (Å²) in [6.45, 7) is 2.90. The molecule has 0 spiro atoms. The normalized spacial score (nSPS) is 11.5. The highest BCUT2D eigenvalue weighted by Gasteiger charge is 2.11. The third kappa shape index (κ3) is 3.78. The number of nitrogens with zero attached hydrogens (tertiary/aromatic N) is 2. The molecule has 126 valence electrons. The van der Waals surface area contributed by atoms with Crippen molar-refractivity contribution < 1.29 is 9.53 Å². The second kappa shape index (κ2) is 7.85. The van der Waals surface area contributed by atoms with Crippen LogP contribution in [-0.2, 0) is 6.54 Å². The highest BCUT2D eigenvalue weighted by molar-refractivity contribution is 14.1. The first-order chi connectivity index (χ1) is 12.1. The van der Waals surface area contributed by atoms with Crippen LogP contribution in [-0.4, -0.2) is 17.1 Å². The molecule has 0 atom stereocenters. The second-order valence-corrected chi connectivity index (χ2v) is 7.31. The van der Waals surface area contributed by atoms with Crippen LogP contribution in [0.25, 0.3) is 10.2 Å². The van der Waals surface area contributed by atoms with Crippen molar-refractivity contribution in [2.45, 2.75) is 13.5 Å². The molecule has 0 unspecified atom stereocenters. The molecule has 0 radical (unpaired) electrons. The van der Waals surface area contributed by atoms with E-state index in [1.165, 1.54) is 11.3 Å². The van der Waals surface area contributed by atoms with Crippen molar-refractivity contribution in [1.82, 2.24) is 4.57 Å². The molecule has 0 N–H and O–H groups in total. The zero-order chi connectivity index (χ0) is 17.8. The summed E-state index contributed by atoms with van der Waals surface area (Å²) < 4.78 is 9.28. The van der Waals surface area contributed by atoms with Gasteiger partial charge in [-0.1, -0.05) is 29.4 Å². The highest BCUT2D eigenvalue weighted by Crippen LogP contribution is 2.23. The van der Waals surface area contributed by atoms with Crippen LogP contribution in [0.5, 0.6) is 5.75 Å². The Bertz CT molecular complexity index is 1040. The van der Waals surface area contributed by atoms with Gasteiger partial charge in [-0.3, -0.25) is 4.79 Å². The molecule has 6 heteroatoms. The second-order valence-electron chi connectivity index (χ2n) is 5.13. The quantitative estimate of drug-likeness (QED) is 0.433. The molecule has 4 nitrogen and oxygen atoms in total.